The van der Waals surface area contributed by atoms with Gasteiger partial charge in [0.1, 0.15) is 19.5 Å². The van der Waals surface area contributed by atoms with Crippen molar-refractivity contribution < 1.29 is 9.47 Å². The number of nitrogens with zero attached hydrogens (tertiary/aromatic N) is 4. The fraction of sp³-hybridized carbons (Fsp3) is 0.167. The van der Waals surface area contributed by atoms with E-state index < -0.39 is 0 Å². The van der Waals surface area contributed by atoms with Crippen molar-refractivity contribution in [3.63, 3.8) is 0 Å². The molecule has 0 aliphatic carbocycles. The maximum Gasteiger partial charge on any atom is 0.240 e. The van der Waals surface area contributed by atoms with Crippen molar-refractivity contribution >= 4 is 22.5 Å². The van der Waals surface area contributed by atoms with Crippen molar-refractivity contribution in [3.05, 3.63) is 53.9 Å². The highest BCUT2D eigenvalue weighted by Crippen LogP contribution is 2.31. The second-order valence-electron chi connectivity index (χ2n) is 5.99. The van der Waals surface area contributed by atoms with E-state index in [-0.39, 0.29) is 5.95 Å². The molecule has 2 aromatic carbocycles. The van der Waals surface area contributed by atoms with Crippen molar-refractivity contribution in [2.24, 2.45) is 0 Å². The van der Waals surface area contributed by atoms with Crippen LogP contribution in [0.4, 0.5) is 5.95 Å². The summed E-state index contributed by atoms with van der Waals surface area (Å²) in [6, 6.07) is 12.2. The zero-order valence-electron chi connectivity index (χ0n) is 13.3. The molecular weight excluding hydrogens is 318 g/mol. The van der Waals surface area contributed by atoms with Gasteiger partial charge in [0.2, 0.25) is 5.95 Å². The van der Waals surface area contributed by atoms with Gasteiger partial charge in [-0.2, -0.15) is 9.50 Å². The lowest BCUT2D eigenvalue weighted by Gasteiger charge is -2.18. The Labute approximate surface area is 143 Å². The zero-order chi connectivity index (χ0) is 16.8. The molecule has 5 rings (SSSR count). The van der Waals surface area contributed by atoms with Crippen molar-refractivity contribution in [1.82, 2.24) is 19.6 Å². The highest BCUT2D eigenvalue weighted by Gasteiger charge is 2.12. The van der Waals surface area contributed by atoms with Gasteiger partial charge in [-0.05, 0) is 41.8 Å². The summed E-state index contributed by atoms with van der Waals surface area (Å²) in [5, 5.41) is 5.05. The summed E-state index contributed by atoms with van der Waals surface area (Å²) in [4.78, 5) is 8.70. The van der Waals surface area contributed by atoms with E-state index in [2.05, 4.69) is 33.3 Å². The van der Waals surface area contributed by atoms with Gasteiger partial charge < -0.3 is 15.2 Å². The van der Waals surface area contributed by atoms with Crippen LogP contribution in [0.15, 0.2) is 42.7 Å². The predicted octanol–water partition coefficient (Wildman–Crippen LogP) is 2.22. The molecular formula is C18H15N5O2. The smallest absolute Gasteiger partial charge is 0.240 e. The molecule has 0 saturated carbocycles. The Kier molecular flexibility index (Phi) is 3.00. The van der Waals surface area contributed by atoms with Gasteiger partial charge in [0.05, 0.1) is 5.52 Å². The first-order chi connectivity index (χ1) is 12.3. The van der Waals surface area contributed by atoms with E-state index >= 15 is 0 Å². The summed E-state index contributed by atoms with van der Waals surface area (Å²) in [6.07, 6.45) is 2.40. The molecule has 3 heterocycles. The van der Waals surface area contributed by atoms with E-state index in [4.69, 9.17) is 15.2 Å². The number of hydrogen-bond donors (Lipinski definition) is 1. The number of ether oxygens (including phenoxy) is 2. The molecule has 1 aliphatic rings. The summed E-state index contributed by atoms with van der Waals surface area (Å²) >= 11 is 0. The molecule has 0 atom stereocenters. The number of anilines is 1. The molecule has 0 bridgehead atoms. The Bertz CT molecular complexity index is 1110. The molecule has 0 fully saturated rings. The summed E-state index contributed by atoms with van der Waals surface area (Å²) in [6.45, 7) is 1.19. The minimum Gasteiger partial charge on any atom is -0.486 e. The lowest BCUT2D eigenvalue weighted by Crippen LogP contribution is -2.15. The van der Waals surface area contributed by atoms with Crippen LogP contribution in [-0.4, -0.2) is 32.8 Å². The van der Waals surface area contributed by atoms with E-state index in [0.717, 1.165) is 39.9 Å². The Morgan fingerprint density at radius 3 is 2.72 bits per heavy atom. The number of rotatable bonds is 2. The normalized spacial score (nSPS) is 13.4. The highest BCUT2D eigenvalue weighted by molar-refractivity contribution is 5.91. The molecule has 4 aromatic rings. The fourth-order valence-corrected chi connectivity index (χ4v) is 3.14. The van der Waals surface area contributed by atoms with Crippen LogP contribution >= 0.6 is 0 Å². The summed E-state index contributed by atoms with van der Waals surface area (Å²) in [7, 11) is 0. The van der Waals surface area contributed by atoms with E-state index in [1.54, 1.807) is 10.8 Å². The number of hydrogen-bond acceptors (Lipinski definition) is 6. The Balaban J connectivity index is 1.55. The summed E-state index contributed by atoms with van der Waals surface area (Å²) in [5.41, 5.74) is 9.60. The number of fused-ring (bicyclic) bond motifs is 4. The molecule has 2 N–H and O–H groups in total. The third-order valence-corrected chi connectivity index (χ3v) is 4.27. The third-order valence-electron chi connectivity index (χ3n) is 4.27. The van der Waals surface area contributed by atoms with Crippen molar-refractivity contribution in [1.29, 1.82) is 0 Å². The van der Waals surface area contributed by atoms with Crippen LogP contribution in [0.3, 0.4) is 0 Å². The van der Waals surface area contributed by atoms with Crippen LogP contribution in [0.5, 0.6) is 11.5 Å². The maximum atomic E-state index is 5.71. The zero-order valence-corrected chi connectivity index (χ0v) is 13.3. The van der Waals surface area contributed by atoms with Gasteiger partial charge in [0.25, 0.3) is 0 Å². The van der Waals surface area contributed by atoms with Gasteiger partial charge >= 0.3 is 0 Å². The van der Waals surface area contributed by atoms with Crippen molar-refractivity contribution in [2.45, 2.75) is 6.42 Å². The van der Waals surface area contributed by atoms with Gasteiger partial charge in [-0.3, -0.25) is 0 Å². The second kappa shape index (κ2) is 5.34. The largest absolute Gasteiger partial charge is 0.486 e. The first-order valence-electron chi connectivity index (χ1n) is 8.04. The van der Waals surface area contributed by atoms with Crippen LogP contribution in [0.2, 0.25) is 0 Å². The monoisotopic (exact) mass is 333 g/mol. The van der Waals surface area contributed by atoms with E-state index in [1.807, 2.05) is 18.2 Å². The van der Waals surface area contributed by atoms with Gasteiger partial charge in [-0.15, -0.1) is 5.10 Å². The highest BCUT2D eigenvalue weighted by atomic mass is 16.6. The van der Waals surface area contributed by atoms with Gasteiger partial charge in [0, 0.05) is 5.39 Å². The Morgan fingerprint density at radius 2 is 1.80 bits per heavy atom. The lowest BCUT2D eigenvalue weighted by molar-refractivity contribution is 0.171. The number of benzene rings is 2. The Morgan fingerprint density at radius 1 is 1.00 bits per heavy atom. The number of nitrogens with two attached hydrogens (primary N) is 1. The van der Waals surface area contributed by atoms with Crippen LogP contribution in [0, 0.1) is 0 Å². The average Bonchev–Trinajstić information content (AvgIpc) is 3.02. The fourth-order valence-electron chi connectivity index (χ4n) is 3.14. The lowest BCUT2D eigenvalue weighted by atomic mass is 10.0. The van der Waals surface area contributed by atoms with Gasteiger partial charge in [0.15, 0.2) is 17.1 Å². The molecule has 0 radical (unpaired) electrons. The van der Waals surface area contributed by atoms with Crippen LogP contribution in [0.1, 0.15) is 11.1 Å². The minimum atomic E-state index is 0.242. The topological polar surface area (TPSA) is 87.6 Å². The standard InChI is InChI=1S/C18H15N5O2/c19-18-21-17-13-8-11(1-3-14(13)20-10-23(17)22-18)7-12-2-4-15-16(9-12)25-6-5-24-15/h1-4,8-10H,5-7H2,(H2,19,22). The average molecular weight is 333 g/mol. The molecule has 25 heavy (non-hydrogen) atoms. The van der Waals surface area contributed by atoms with E-state index in [9.17, 15) is 0 Å². The van der Waals surface area contributed by atoms with Crippen LogP contribution < -0.4 is 15.2 Å². The van der Waals surface area contributed by atoms with Gasteiger partial charge in [-0.25, -0.2) is 4.98 Å². The minimum absolute atomic E-state index is 0.242. The van der Waals surface area contributed by atoms with Crippen LogP contribution in [-0.2, 0) is 6.42 Å². The van der Waals surface area contributed by atoms with Crippen molar-refractivity contribution in [3.8, 4) is 11.5 Å². The molecule has 0 unspecified atom stereocenters. The van der Waals surface area contributed by atoms with Crippen molar-refractivity contribution in [2.75, 3.05) is 18.9 Å². The predicted molar refractivity (Wildman–Crippen MR) is 92.9 cm³/mol. The Hall–Kier alpha value is -3.35. The first kappa shape index (κ1) is 14.0. The SMILES string of the molecule is Nc1nc2c3cc(Cc4ccc5c(c4)OCCO5)ccc3ncn2n1. The molecule has 1 aliphatic heterocycles. The molecule has 0 amide bonds. The number of nitrogen functional groups attached to an aromatic ring is 1. The molecule has 7 nitrogen and oxygen atoms in total. The second-order valence-corrected chi connectivity index (χ2v) is 5.99. The number of aromatic nitrogens is 4. The molecule has 7 heteroatoms. The molecule has 2 aromatic heterocycles. The molecule has 0 spiro atoms. The quantitative estimate of drug-likeness (QED) is 0.605. The third kappa shape index (κ3) is 2.40. The molecule has 124 valence electrons. The van der Waals surface area contributed by atoms with Gasteiger partial charge in [-0.1, -0.05) is 12.1 Å². The molecule has 0 saturated heterocycles. The summed E-state index contributed by atoms with van der Waals surface area (Å²) < 4.78 is 12.8. The first-order valence-corrected chi connectivity index (χ1v) is 8.04. The van der Waals surface area contributed by atoms with E-state index in [0.29, 0.717) is 18.9 Å². The van der Waals surface area contributed by atoms with Crippen LogP contribution in [0.25, 0.3) is 16.6 Å². The summed E-state index contributed by atoms with van der Waals surface area (Å²) in [5.74, 6) is 1.85. The maximum absolute atomic E-state index is 5.71. The van der Waals surface area contributed by atoms with E-state index in [1.165, 1.54) is 0 Å².